The minimum atomic E-state index is 0.334. The second-order valence-corrected chi connectivity index (χ2v) is 10.1. The lowest BCUT2D eigenvalue weighted by atomic mass is 9.91. The van der Waals surface area contributed by atoms with E-state index < -0.39 is 0 Å². The maximum atomic E-state index is 6.23. The average molecular weight is 494 g/mol. The lowest BCUT2D eigenvalue weighted by Crippen LogP contribution is -2.42. The van der Waals surface area contributed by atoms with Crippen LogP contribution in [-0.2, 0) is 12.8 Å². The zero-order valence-electron chi connectivity index (χ0n) is 18.5. The van der Waals surface area contributed by atoms with Crippen LogP contribution in [0.2, 0.25) is 10.0 Å². The van der Waals surface area contributed by atoms with Crippen molar-refractivity contribution in [2.75, 3.05) is 29.6 Å². The van der Waals surface area contributed by atoms with Crippen molar-refractivity contribution in [3.05, 3.63) is 39.5 Å². The van der Waals surface area contributed by atoms with Gasteiger partial charge in [0.1, 0.15) is 5.82 Å². The van der Waals surface area contributed by atoms with Crippen LogP contribution in [0.5, 0.6) is 0 Å². The van der Waals surface area contributed by atoms with Crippen LogP contribution >= 0.6 is 35.4 Å². The Morgan fingerprint density at radius 1 is 1.03 bits per heavy atom. The van der Waals surface area contributed by atoms with Crippen LogP contribution in [0.25, 0.3) is 0 Å². The quantitative estimate of drug-likeness (QED) is 0.480. The van der Waals surface area contributed by atoms with Crippen molar-refractivity contribution in [2.45, 2.75) is 63.5 Å². The summed E-state index contributed by atoms with van der Waals surface area (Å²) in [7, 11) is 4.12. The average Bonchev–Trinajstić information content (AvgIpc) is 2.76. The summed E-state index contributed by atoms with van der Waals surface area (Å²) in [4.78, 5) is 11.8. The first-order valence-corrected chi connectivity index (χ1v) is 12.4. The second kappa shape index (κ2) is 10.4. The van der Waals surface area contributed by atoms with Crippen LogP contribution in [0, 0.1) is 0 Å². The van der Waals surface area contributed by atoms with E-state index in [4.69, 9.17) is 45.4 Å². The molecule has 1 saturated carbocycles. The summed E-state index contributed by atoms with van der Waals surface area (Å²) in [5.41, 5.74) is 3.29. The number of hydrogen-bond donors (Lipinski definition) is 3. The molecule has 1 aromatic carbocycles. The van der Waals surface area contributed by atoms with E-state index in [-0.39, 0.29) is 0 Å². The molecule has 0 amide bonds. The SMILES string of the molecule is CN(C)c1nc(N[C@H]2CC[C@@H](NC(=S)Nc3ccc(Cl)cc3Cl)CC2)nc2c1CCCC2. The number of hydrogen-bond acceptors (Lipinski definition) is 5. The molecule has 2 aliphatic rings. The summed E-state index contributed by atoms with van der Waals surface area (Å²) in [5, 5.41) is 11.9. The van der Waals surface area contributed by atoms with Gasteiger partial charge < -0.3 is 20.9 Å². The van der Waals surface area contributed by atoms with E-state index in [2.05, 4.69) is 34.9 Å². The van der Waals surface area contributed by atoms with Gasteiger partial charge in [-0.15, -0.1) is 0 Å². The lowest BCUT2D eigenvalue weighted by Gasteiger charge is -2.31. The first-order chi connectivity index (χ1) is 15.4. The molecular formula is C23H30Cl2N6S. The molecule has 2 aliphatic carbocycles. The van der Waals surface area contributed by atoms with Crippen molar-refractivity contribution in [1.29, 1.82) is 0 Å². The smallest absolute Gasteiger partial charge is 0.225 e. The monoisotopic (exact) mass is 492 g/mol. The zero-order chi connectivity index (χ0) is 22.7. The Bertz CT molecular complexity index is 975. The number of benzene rings is 1. The molecule has 1 heterocycles. The molecule has 6 nitrogen and oxygen atoms in total. The third-order valence-electron chi connectivity index (χ3n) is 6.16. The van der Waals surface area contributed by atoms with E-state index in [1.807, 2.05) is 6.07 Å². The molecule has 1 fully saturated rings. The Morgan fingerprint density at radius 2 is 1.75 bits per heavy atom. The fourth-order valence-corrected chi connectivity index (χ4v) is 5.24. The van der Waals surface area contributed by atoms with Crippen molar-refractivity contribution < 1.29 is 0 Å². The normalized spacial score (nSPS) is 20.2. The molecule has 172 valence electrons. The lowest BCUT2D eigenvalue weighted by molar-refractivity contribution is 0.387. The molecule has 0 radical (unpaired) electrons. The fourth-order valence-electron chi connectivity index (χ4n) is 4.51. The number of thiocarbonyl (C=S) groups is 1. The zero-order valence-corrected chi connectivity index (χ0v) is 20.9. The standard InChI is InChI=1S/C23H30Cl2N6S/c1-31(2)21-17-5-3-4-6-19(17)28-22(30-21)26-15-8-10-16(11-9-15)27-23(32)29-20-12-7-14(24)13-18(20)25/h7,12-13,15-16H,3-6,8-11H2,1-2H3,(H,26,28,30)(H2,27,29,32)/t15-,16+. The first kappa shape index (κ1) is 23.3. The predicted molar refractivity (Wildman–Crippen MR) is 138 cm³/mol. The van der Waals surface area contributed by atoms with E-state index >= 15 is 0 Å². The van der Waals surface area contributed by atoms with Gasteiger partial charge in [0.2, 0.25) is 5.95 Å². The Kier molecular flexibility index (Phi) is 7.59. The third-order valence-corrected chi connectivity index (χ3v) is 6.93. The second-order valence-electron chi connectivity index (χ2n) is 8.81. The molecule has 9 heteroatoms. The Hall–Kier alpha value is -1.83. The number of fused-ring (bicyclic) bond motifs is 1. The van der Waals surface area contributed by atoms with Gasteiger partial charge in [0.25, 0.3) is 0 Å². The predicted octanol–water partition coefficient (Wildman–Crippen LogP) is 5.44. The highest BCUT2D eigenvalue weighted by Gasteiger charge is 2.24. The molecule has 3 N–H and O–H groups in total. The van der Waals surface area contributed by atoms with Gasteiger partial charge in [-0.05, 0) is 81.8 Å². The first-order valence-electron chi connectivity index (χ1n) is 11.3. The van der Waals surface area contributed by atoms with Crippen molar-refractivity contribution >= 4 is 58.0 Å². The topological polar surface area (TPSA) is 65.1 Å². The summed E-state index contributed by atoms with van der Waals surface area (Å²) in [6, 6.07) is 6.03. The molecule has 1 aromatic heterocycles. The fraction of sp³-hybridized carbons (Fsp3) is 0.522. The van der Waals surface area contributed by atoms with Gasteiger partial charge in [0, 0.05) is 36.8 Å². The van der Waals surface area contributed by atoms with Crippen LogP contribution in [0.15, 0.2) is 18.2 Å². The Morgan fingerprint density at radius 3 is 2.47 bits per heavy atom. The van der Waals surface area contributed by atoms with Gasteiger partial charge in [0.15, 0.2) is 5.11 Å². The minimum Gasteiger partial charge on any atom is -0.362 e. The molecule has 32 heavy (non-hydrogen) atoms. The number of nitrogens with zero attached hydrogens (tertiary/aromatic N) is 3. The van der Waals surface area contributed by atoms with Crippen molar-refractivity contribution in [3.63, 3.8) is 0 Å². The molecule has 4 rings (SSSR count). The maximum Gasteiger partial charge on any atom is 0.225 e. The highest BCUT2D eigenvalue weighted by Crippen LogP contribution is 2.30. The summed E-state index contributed by atoms with van der Waals surface area (Å²) in [6.45, 7) is 0. The highest BCUT2D eigenvalue weighted by molar-refractivity contribution is 7.80. The molecule has 0 bridgehead atoms. The van der Waals surface area contributed by atoms with Crippen molar-refractivity contribution in [2.24, 2.45) is 0 Å². The van der Waals surface area contributed by atoms with E-state index in [9.17, 15) is 0 Å². The molecule has 0 aliphatic heterocycles. The van der Waals surface area contributed by atoms with Crippen LogP contribution in [-0.4, -0.2) is 41.3 Å². The minimum absolute atomic E-state index is 0.334. The Balaban J connectivity index is 1.30. The largest absolute Gasteiger partial charge is 0.362 e. The van der Waals surface area contributed by atoms with Gasteiger partial charge in [0.05, 0.1) is 16.4 Å². The summed E-state index contributed by atoms with van der Waals surface area (Å²) in [6.07, 6.45) is 8.70. The molecule has 0 spiro atoms. The molecule has 2 aromatic rings. The van der Waals surface area contributed by atoms with Crippen LogP contribution in [0.4, 0.5) is 17.5 Å². The summed E-state index contributed by atoms with van der Waals surface area (Å²) >= 11 is 17.7. The van der Waals surface area contributed by atoms with Gasteiger partial charge in [-0.2, -0.15) is 4.98 Å². The van der Waals surface area contributed by atoms with Gasteiger partial charge >= 0.3 is 0 Å². The number of nitrogens with one attached hydrogen (secondary N) is 3. The molecular weight excluding hydrogens is 463 g/mol. The van der Waals surface area contributed by atoms with E-state index in [1.165, 1.54) is 24.1 Å². The van der Waals surface area contributed by atoms with Gasteiger partial charge in [-0.3, -0.25) is 0 Å². The van der Waals surface area contributed by atoms with E-state index in [0.717, 1.165) is 56.0 Å². The van der Waals surface area contributed by atoms with Crippen molar-refractivity contribution in [3.8, 4) is 0 Å². The third kappa shape index (κ3) is 5.74. The Labute approximate surface area is 205 Å². The molecule has 0 atom stereocenters. The van der Waals surface area contributed by atoms with Gasteiger partial charge in [-0.1, -0.05) is 23.2 Å². The van der Waals surface area contributed by atoms with Crippen LogP contribution in [0.1, 0.15) is 49.8 Å². The van der Waals surface area contributed by atoms with Gasteiger partial charge in [-0.25, -0.2) is 4.98 Å². The summed E-state index contributed by atoms with van der Waals surface area (Å²) < 4.78 is 0. The van der Waals surface area contributed by atoms with Crippen molar-refractivity contribution in [1.82, 2.24) is 15.3 Å². The maximum absolute atomic E-state index is 6.23. The number of halogens is 2. The highest BCUT2D eigenvalue weighted by atomic mass is 35.5. The number of anilines is 3. The number of aryl methyl sites for hydroxylation is 1. The number of aromatic nitrogens is 2. The molecule has 0 saturated heterocycles. The van der Waals surface area contributed by atoms with E-state index in [1.54, 1.807) is 12.1 Å². The van der Waals surface area contributed by atoms with E-state index in [0.29, 0.717) is 27.2 Å². The van der Waals surface area contributed by atoms with Crippen LogP contribution in [0.3, 0.4) is 0 Å². The summed E-state index contributed by atoms with van der Waals surface area (Å²) in [5.74, 6) is 1.82. The van der Waals surface area contributed by atoms with Crippen LogP contribution < -0.4 is 20.9 Å². The number of rotatable bonds is 5. The molecule has 0 unspecified atom stereocenters.